The van der Waals surface area contributed by atoms with E-state index in [1.807, 2.05) is 31.2 Å². The highest BCUT2D eigenvalue weighted by Gasteiger charge is 2.10. The van der Waals surface area contributed by atoms with Gasteiger partial charge in [-0.25, -0.2) is 0 Å². The van der Waals surface area contributed by atoms with Gasteiger partial charge in [0, 0.05) is 6.54 Å². The molecule has 2 aromatic rings. The molecule has 0 saturated heterocycles. The Morgan fingerprint density at radius 2 is 1.94 bits per heavy atom. The fourth-order valence-corrected chi connectivity index (χ4v) is 1.56. The molecule has 2 rings (SSSR count). The van der Waals surface area contributed by atoms with Gasteiger partial charge in [-0.1, -0.05) is 29.8 Å². The lowest BCUT2D eigenvalue weighted by atomic mass is 10.1. The van der Waals surface area contributed by atoms with Crippen LogP contribution < -0.4 is 5.32 Å². The number of amides is 1. The van der Waals surface area contributed by atoms with Crippen LogP contribution >= 0.6 is 0 Å². The second-order valence-electron chi connectivity index (χ2n) is 4.09. The Balaban J connectivity index is 1.93. The summed E-state index contributed by atoms with van der Waals surface area (Å²) >= 11 is 0. The first-order valence-corrected chi connectivity index (χ1v) is 5.72. The van der Waals surface area contributed by atoms with Crippen LogP contribution in [-0.2, 0) is 13.2 Å². The number of rotatable bonds is 4. The van der Waals surface area contributed by atoms with Crippen LogP contribution in [0.3, 0.4) is 0 Å². The molecular formula is C14H15NO3. The van der Waals surface area contributed by atoms with Crippen molar-refractivity contribution in [1.29, 1.82) is 0 Å². The molecule has 0 aliphatic rings. The molecule has 94 valence electrons. The quantitative estimate of drug-likeness (QED) is 0.866. The normalized spacial score (nSPS) is 10.3. The molecule has 0 radical (unpaired) electrons. The molecule has 2 N–H and O–H groups in total. The van der Waals surface area contributed by atoms with Gasteiger partial charge in [0.25, 0.3) is 5.91 Å². The number of nitrogens with one attached hydrogen (secondary N) is 1. The molecule has 4 nitrogen and oxygen atoms in total. The average molecular weight is 245 g/mol. The molecule has 18 heavy (non-hydrogen) atoms. The Hall–Kier alpha value is -2.07. The first-order chi connectivity index (χ1) is 8.69. The number of aliphatic hydroxyl groups is 1. The molecule has 0 bridgehead atoms. The molecule has 0 saturated carbocycles. The minimum absolute atomic E-state index is 0.203. The van der Waals surface area contributed by atoms with Crippen molar-refractivity contribution in [2.24, 2.45) is 0 Å². The summed E-state index contributed by atoms with van der Waals surface area (Å²) in [5, 5.41) is 11.6. The summed E-state index contributed by atoms with van der Waals surface area (Å²) in [6.45, 7) is 2.27. The van der Waals surface area contributed by atoms with Crippen molar-refractivity contribution in [3.05, 3.63) is 59.0 Å². The Morgan fingerprint density at radius 3 is 2.56 bits per heavy atom. The number of aryl methyl sites for hydroxylation is 1. The molecule has 0 aliphatic heterocycles. The number of carbonyl (C=O) groups excluding carboxylic acids is 1. The van der Waals surface area contributed by atoms with Gasteiger partial charge in [0.1, 0.15) is 12.4 Å². The lowest BCUT2D eigenvalue weighted by molar-refractivity contribution is 0.0918. The van der Waals surface area contributed by atoms with E-state index >= 15 is 0 Å². The fraction of sp³-hybridized carbons (Fsp3) is 0.214. The molecule has 4 heteroatoms. The second-order valence-corrected chi connectivity index (χ2v) is 4.09. The maximum absolute atomic E-state index is 11.7. The van der Waals surface area contributed by atoms with E-state index in [4.69, 9.17) is 9.52 Å². The van der Waals surface area contributed by atoms with Gasteiger partial charge in [-0.15, -0.1) is 0 Å². The van der Waals surface area contributed by atoms with Gasteiger partial charge >= 0.3 is 0 Å². The van der Waals surface area contributed by atoms with Gasteiger partial charge in [-0.2, -0.15) is 0 Å². The van der Waals surface area contributed by atoms with E-state index < -0.39 is 0 Å². The smallest absolute Gasteiger partial charge is 0.287 e. The van der Waals surface area contributed by atoms with Gasteiger partial charge in [-0.05, 0) is 24.6 Å². The number of hydrogen-bond donors (Lipinski definition) is 2. The van der Waals surface area contributed by atoms with Gasteiger partial charge in [0.05, 0.1) is 0 Å². The van der Waals surface area contributed by atoms with Crippen molar-refractivity contribution in [2.45, 2.75) is 20.1 Å². The number of aliphatic hydroxyl groups excluding tert-OH is 1. The summed E-state index contributed by atoms with van der Waals surface area (Å²) < 4.78 is 5.14. The maximum atomic E-state index is 11.7. The zero-order valence-electron chi connectivity index (χ0n) is 10.1. The number of hydrogen-bond acceptors (Lipinski definition) is 3. The predicted octanol–water partition coefficient (Wildman–Crippen LogP) is 2.01. The number of benzene rings is 1. The molecule has 0 aliphatic carbocycles. The first-order valence-electron chi connectivity index (χ1n) is 5.72. The van der Waals surface area contributed by atoms with Crippen molar-refractivity contribution < 1.29 is 14.3 Å². The lowest BCUT2D eigenvalue weighted by Crippen LogP contribution is -2.22. The van der Waals surface area contributed by atoms with Crippen molar-refractivity contribution in [2.75, 3.05) is 0 Å². The maximum Gasteiger partial charge on any atom is 0.287 e. The Kier molecular flexibility index (Phi) is 3.79. The second kappa shape index (κ2) is 5.51. The van der Waals surface area contributed by atoms with Crippen LogP contribution in [0, 0.1) is 6.92 Å². The van der Waals surface area contributed by atoms with Gasteiger partial charge in [0.2, 0.25) is 0 Å². The summed E-state index contributed by atoms with van der Waals surface area (Å²) in [4.78, 5) is 11.7. The molecule has 0 atom stereocenters. The van der Waals surface area contributed by atoms with Crippen molar-refractivity contribution in [1.82, 2.24) is 5.32 Å². The molecule has 0 unspecified atom stereocenters. The minimum atomic E-state index is -0.282. The SMILES string of the molecule is Cc1ccc(CNC(=O)c2ccc(CO)o2)cc1. The zero-order valence-corrected chi connectivity index (χ0v) is 10.1. The molecular weight excluding hydrogens is 230 g/mol. The molecule has 1 aromatic carbocycles. The van der Waals surface area contributed by atoms with Crippen LogP contribution in [0.1, 0.15) is 27.4 Å². The summed E-state index contributed by atoms with van der Waals surface area (Å²) in [6, 6.07) is 11.1. The third-order valence-electron chi connectivity index (χ3n) is 2.61. The third kappa shape index (κ3) is 2.99. The van der Waals surface area contributed by atoms with Gasteiger partial charge < -0.3 is 14.8 Å². The third-order valence-corrected chi connectivity index (χ3v) is 2.61. The topological polar surface area (TPSA) is 62.5 Å². The number of carbonyl (C=O) groups is 1. The monoisotopic (exact) mass is 245 g/mol. The van der Waals surface area contributed by atoms with Crippen molar-refractivity contribution in [3.8, 4) is 0 Å². The molecule has 0 fully saturated rings. The van der Waals surface area contributed by atoms with E-state index in [-0.39, 0.29) is 18.3 Å². The Bertz CT molecular complexity index is 528. The molecule has 0 spiro atoms. The summed E-state index contributed by atoms with van der Waals surface area (Å²) in [5.74, 6) is 0.317. The average Bonchev–Trinajstić information content (AvgIpc) is 2.86. The van der Waals surface area contributed by atoms with E-state index in [0.29, 0.717) is 12.3 Å². The highest BCUT2D eigenvalue weighted by Crippen LogP contribution is 2.08. The van der Waals surface area contributed by atoms with Crippen LogP contribution in [0.2, 0.25) is 0 Å². The van der Waals surface area contributed by atoms with E-state index in [2.05, 4.69) is 5.32 Å². The van der Waals surface area contributed by atoms with E-state index in [1.165, 1.54) is 5.56 Å². The van der Waals surface area contributed by atoms with Crippen LogP contribution in [0.25, 0.3) is 0 Å². The van der Waals surface area contributed by atoms with E-state index in [1.54, 1.807) is 12.1 Å². The largest absolute Gasteiger partial charge is 0.453 e. The van der Waals surface area contributed by atoms with Crippen LogP contribution in [0.4, 0.5) is 0 Å². The van der Waals surface area contributed by atoms with Crippen LogP contribution in [-0.4, -0.2) is 11.0 Å². The van der Waals surface area contributed by atoms with Crippen molar-refractivity contribution >= 4 is 5.91 Å². The standard InChI is InChI=1S/C14H15NO3/c1-10-2-4-11(5-3-10)8-15-14(17)13-7-6-12(9-16)18-13/h2-7,16H,8-9H2,1H3,(H,15,17). The predicted molar refractivity (Wildman–Crippen MR) is 67.0 cm³/mol. The van der Waals surface area contributed by atoms with E-state index in [0.717, 1.165) is 5.56 Å². The van der Waals surface area contributed by atoms with Crippen LogP contribution in [0.5, 0.6) is 0 Å². The van der Waals surface area contributed by atoms with Crippen molar-refractivity contribution in [3.63, 3.8) is 0 Å². The lowest BCUT2D eigenvalue weighted by Gasteiger charge is -2.03. The highest BCUT2D eigenvalue weighted by atomic mass is 16.4. The Labute approximate surface area is 105 Å². The summed E-state index contributed by atoms with van der Waals surface area (Å²) in [6.07, 6.45) is 0. The molecule has 1 amide bonds. The zero-order chi connectivity index (χ0) is 13.0. The molecule has 1 aromatic heterocycles. The minimum Gasteiger partial charge on any atom is -0.453 e. The summed E-state index contributed by atoms with van der Waals surface area (Å²) in [5.41, 5.74) is 2.21. The van der Waals surface area contributed by atoms with E-state index in [9.17, 15) is 4.79 Å². The number of furan rings is 1. The van der Waals surface area contributed by atoms with Crippen LogP contribution in [0.15, 0.2) is 40.8 Å². The first kappa shape index (κ1) is 12.4. The van der Waals surface area contributed by atoms with Gasteiger partial charge in [-0.3, -0.25) is 4.79 Å². The fourth-order valence-electron chi connectivity index (χ4n) is 1.56. The highest BCUT2D eigenvalue weighted by molar-refractivity contribution is 5.91. The Morgan fingerprint density at radius 1 is 1.22 bits per heavy atom. The van der Waals surface area contributed by atoms with Gasteiger partial charge in [0.15, 0.2) is 5.76 Å². The molecule has 1 heterocycles. The summed E-state index contributed by atoms with van der Waals surface area (Å²) in [7, 11) is 0.